The molecule has 4 nitrogen and oxygen atoms in total. The molecule has 1 amide bonds. The number of benzene rings is 1. The predicted molar refractivity (Wildman–Crippen MR) is 61.1 cm³/mol. The van der Waals surface area contributed by atoms with Crippen molar-refractivity contribution in [1.29, 1.82) is 0 Å². The van der Waals surface area contributed by atoms with Crippen molar-refractivity contribution in [3.05, 3.63) is 29.8 Å². The zero-order valence-corrected chi connectivity index (χ0v) is 9.56. The Balaban J connectivity index is 2.58. The van der Waals surface area contributed by atoms with Crippen molar-refractivity contribution in [3.8, 4) is 5.75 Å². The maximum absolute atomic E-state index is 10.9. The number of amides is 1. The summed E-state index contributed by atoms with van der Waals surface area (Å²) in [5.74, 6) is 0.0893. The van der Waals surface area contributed by atoms with Crippen molar-refractivity contribution >= 4 is 5.91 Å². The molecule has 0 saturated carbocycles. The Morgan fingerprint density at radius 1 is 1.44 bits per heavy atom. The van der Waals surface area contributed by atoms with Crippen LogP contribution in [0.5, 0.6) is 5.75 Å². The molecule has 1 rings (SSSR count). The summed E-state index contributed by atoms with van der Waals surface area (Å²) >= 11 is 0. The number of aliphatic hydroxyl groups is 1. The van der Waals surface area contributed by atoms with Gasteiger partial charge in [0.2, 0.25) is 5.91 Å². The lowest BCUT2D eigenvalue weighted by atomic mass is 9.96. The van der Waals surface area contributed by atoms with Crippen LogP contribution in [0.2, 0.25) is 0 Å². The molecule has 0 aliphatic carbocycles. The van der Waals surface area contributed by atoms with E-state index in [4.69, 9.17) is 10.5 Å². The molecule has 0 heterocycles. The number of aryl methyl sites for hydroxylation is 1. The van der Waals surface area contributed by atoms with Crippen molar-refractivity contribution in [2.75, 3.05) is 7.11 Å². The molecular formula is C12H17NO3. The molecule has 0 radical (unpaired) electrons. The Hall–Kier alpha value is -1.55. The maximum Gasteiger partial charge on any atom is 0.249 e. The Morgan fingerprint density at radius 2 is 2.00 bits per heavy atom. The molecule has 3 N–H and O–H groups in total. The molecule has 88 valence electrons. The summed E-state index contributed by atoms with van der Waals surface area (Å²) in [5, 5.41) is 9.65. The van der Waals surface area contributed by atoms with Gasteiger partial charge in [0.1, 0.15) is 11.4 Å². The maximum atomic E-state index is 10.9. The second kappa shape index (κ2) is 4.99. The van der Waals surface area contributed by atoms with Crippen molar-refractivity contribution in [2.45, 2.75) is 25.4 Å². The van der Waals surface area contributed by atoms with E-state index in [-0.39, 0.29) is 0 Å². The number of rotatable bonds is 5. The van der Waals surface area contributed by atoms with Crippen LogP contribution in [0.1, 0.15) is 18.9 Å². The van der Waals surface area contributed by atoms with Gasteiger partial charge in [-0.25, -0.2) is 0 Å². The summed E-state index contributed by atoms with van der Waals surface area (Å²) in [6.45, 7) is 1.43. The highest BCUT2D eigenvalue weighted by molar-refractivity contribution is 5.82. The molecule has 0 spiro atoms. The highest BCUT2D eigenvalue weighted by atomic mass is 16.5. The standard InChI is InChI=1S/C12H17NO3/c1-12(15,11(13)14)8-7-9-3-5-10(16-2)6-4-9/h3-6,15H,7-8H2,1-2H3,(H2,13,14). The van der Waals surface area contributed by atoms with E-state index >= 15 is 0 Å². The summed E-state index contributed by atoms with van der Waals surface area (Å²) < 4.78 is 5.03. The lowest BCUT2D eigenvalue weighted by Gasteiger charge is -2.18. The van der Waals surface area contributed by atoms with Crippen molar-refractivity contribution < 1.29 is 14.6 Å². The third-order valence-electron chi connectivity index (χ3n) is 2.59. The van der Waals surface area contributed by atoms with E-state index in [0.717, 1.165) is 11.3 Å². The zero-order chi connectivity index (χ0) is 12.2. The number of ether oxygens (including phenoxy) is 1. The summed E-state index contributed by atoms with van der Waals surface area (Å²) in [5.41, 5.74) is 4.66. The first-order chi connectivity index (χ1) is 7.45. The summed E-state index contributed by atoms with van der Waals surface area (Å²) in [4.78, 5) is 10.9. The first-order valence-electron chi connectivity index (χ1n) is 5.11. The van der Waals surface area contributed by atoms with E-state index in [1.54, 1.807) is 7.11 Å². The number of primary amides is 1. The molecule has 0 fully saturated rings. The second-order valence-corrected chi connectivity index (χ2v) is 3.99. The highest BCUT2D eigenvalue weighted by Crippen LogP contribution is 2.16. The summed E-state index contributed by atoms with van der Waals surface area (Å²) in [6, 6.07) is 7.48. The van der Waals surface area contributed by atoms with Gasteiger partial charge in [-0.3, -0.25) is 4.79 Å². The lowest BCUT2D eigenvalue weighted by molar-refractivity contribution is -0.135. The zero-order valence-electron chi connectivity index (χ0n) is 9.56. The smallest absolute Gasteiger partial charge is 0.249 e. The normalized spacial score (nSPS) is 14.2. The van der Waals surface area contributed by atoms with Crippen LogP contribution in [-0.2, 0) is 11.2 Å². The van der Waals surface area contributed by atoms with Gasteiger partial charge in [-0.15, -0.1) is 0 Å². The Labute approximate surface area is 95.0 Å². The Morgan fingerprint density at radius 3 is 2.44 bits per heavy atom. The van der Waals surface area contributed by atoms with E-state index in [2.05, 4.69) is 0 Å². The van der Waals surface area contributed by atoms with Crippen LogP contribution in [0.25, 0.3) is 0 Å². The minimum atomic E-state index is -1.44. The largest absolute Gasteiger partial charge is 0.497 e. The van der Waals surface area contributed by atoms with Gasteiger partial charge in [0.15, 0.2) is 0 Å². The van der Waals surface area contributed by atoms with Gasteiger partial charge in [0.25, 0.3) is 0 Å². The van der Waals surface area contributed by atoms with Crippen molar-refractivity contribution in [1.82, 2.24) is 0 Å². The van der Waals surface area contributed by atoms with Crippen molar-refractivity contribution in [2.24, 2.45) is 5.73 Å². The molecule has 4 heteroatoms. The molecule has 1 unspecified atom stereocenters. The van der Waals surface area contributed by atoms with E-state index in [9.17, 15) is 9.90 Å². The van der Waals surface area contributed by atoms with E-state index in [0.29, 0.717) is 12.8 Å². The first kappa shape index (κ1) is 12.5. The van der Waals surface area contributed by atoms with Crippen LogP contribution in [0.3, 0.4) is 0 Å². The fraction of sp³-hybridized carbons (Fsp3) is 0.417. The summed E-state index contributed by atoms with van der Waals surface area (Å²) in [7, 11) is 1.60. The molecule has 0 aliphatic heterocycles. The van der Waals surface area contributed by atoms with Gasteiger partial charge in [0, 0.05) is 0 Å². The minimum Gasteiger partial charge on any atom is -0.497 e. The number of carbonyl (C=O) groups excluding carboxylic acids is 1. The van der Waals surface area contributed by atoms with Gasteiger partial charge in [-0.05, 0) is 37.5 Å². The minimum absolute atomic E-state index is 0.314. The SMILES string of the molecule is COc1ccc(CCC(C)(O)C(N)=O)cc1. The van der Waals surface area contributed by atoms with Gasteiger partial charge >= 0.3 is 0 Å². The van der Waals surface area contributed by atoms with Gasteiger partial charge in [0.05, 0.1) is 7.11 Å². The number of hydrogen-bond donors (Lipinski definition) is 2. The van der Waals surface area contributed by atoms with E-state index in [1.807, 2.05) is 24.3 Å². The Kier molecular flexibility index (Phi) is 3.90. The van der Waals surface area contributed by atoms with Crippen LogP contribution in [0.4, 0.5) is 0 Å². The third kappa shape index (κ3) is 3.24. The molecule has 0 bridgehead atoms. The van der Waals surface area contributed by atoms with Gasteiger partial charge in [-0.1, -0.05) is 12.1 Å². The van der Waals surface area contributed by atoms with Crippen LogP contribution >= 0.6 is 0 Å². The average molecular weight is 223 g/mol. The van der Waals surface area contributed by atoms with Crippen LogP contribution in [0, 0.1) is 0 Å². The monoisotopic (exact) mass is 223 g/mol. The van der Waals surface area contributed by atoms with Crippen LogP contribution in [-0.4, -0.2) is 23.7 Å². The molecule has 0 saturated heterocycles. The molecule has 1 aromatic carbocycles. The average Bonchev–Trinajstić information content (AvgIpc) is 2.27. The van der Waals surface area contributed by atoms with E-state index < -0.39 is 11.5 Å². The molecule has 1 atom stereocenters. The molecule has 16 heavy (non-hydrogen) atoms. The number of hydrogen-bond acceptors (Lipinski definition) is 3. The third-order valence-corrected chi connectivity index (χ3v) is 2.59. The highest BCUT2D eigenvalue weighted by Gasteiger charge is 2.26. The quantitative estimate of drug-likeness (QED) is 0.777. The van der Waals surface area contributed by atoms with Crippen molar-refractivity contribution in [3.63, 3.8) is 0 Å². The molecule has 0 aromatic heterocycles. The fourth-order valence-electron chi connectivity index (χ4n) is 1.30. The van der Waals surface area contributed by atoms with Crippen LogP contribution < -0.4 is 10.5 Å². The van der Waals surface area contributed by atoms with Crippen LogP contribution in [0.15, 0.2) is 24.3 Å². The van der Waals surface area contributed by atoms with Gasteiger partial charge in [-0.2, -0.15) is 0 Å². The molecule has 0 aliphatic rings. The first-order valence-corrected chi connectivity index (χ1v) is 5.11. The Bertz CT molecular complexity index is 357. The number of carbonyl (C=O) groups is 1. The predicted octanol–water partition coefficient (Wildman–Crippen LogP) is 0.864. The fourth-order valence-corrected chi connectivity index (χ4v) is 1.30. The second-order valence-electron chi connectivity index (χ2n) is 3.99. The lowest BCUT2D eigenvalue weighted by Crippen LogP contribution is -2.41. The number of methoxy groups -OCH3 is 1. The molecule has 1 aromatic rings. The van der Waals surface area contributed by atoms with E-state index in [1.165, 1.54) is 6.92 Å². The molecular weight excluding hydrogens is 206 g/mol. The number of nitrogens with two attached hydrogens (primary N) is 1. The topological polar surface area (TPSA) is 72.6 Å². The summed E-state index contributed by atoms with van der Waals surface area (Å²) in [6.07, 6.45) is 0.911. The van der Waals surface area contributed by atoms with Gasteiger partial charge < -0.3 is 15.6 Å².